The highest BCUT2D eigenvalue weighted by Crippen LogP contribution is 2.31. The van der Waals surface area contributed by atoms with Crippen LogP contribution in [0.2, 0.25) is 15.1 Å². The third-order valence-corrected chi connectivity index (χ3v) is 11.8. The summed E-state index contributed by atoms with van der Waals surface area (Å²) in [5, 5.41) is 4.20. The number of nitrogens with one attached hydrogen (secondary N) is 1. The maximum absolute atomic E-state index is 14.8. The van der Waals surface area contributed by atoms with Gasteiger partial charge in [-0.2, -0.15) is 0 Å². The quantitative estimate of drug-likeness (QED) is 0.158. The normalized spacial score (nSPS) is 14.2. The van der Waals surface area contributed by atoms with Crippen molar-refractivity contribution in [3.63, 3.8) is 0 Å². The van der Waals surface area contributed by atoms with E-state index in [1.807, 2.05) is 44.2 Å². The number of halogens is 3. The zero-order chi connectivity index (χ0) is 35.1. The molecule has 0 saturated heterocycles. The van der Waals surface area contributed by atoms with Gasteiger partial charge >= 0.3 is 0 Å². The number of rotatable bonds is 12. The molecule has 1 aliphatic rings. The molecule has 7 nitrogen and oxygen atoms in total. The van der Waals surface area contributed by atoms with Gasteiger partial charge in [-0.3, -0.25) is 13.9 Å². The molecule has 0 aliphatic heterocycles. The van der Waals surface area contributed by atoms with Gasteiger partial charge < -0.3 is 10.2 Å². The molecule has 0 aromatic heterocycles. The number of sulfonamides is 1. The molecule has 2 amide bonds. The van der Waals surface area contributed by atoms with Crippen molar-refractivity contribution in [3.05, 3.63) is 128 Å². The summed E-state index contributed by atoms with van der Waals surface area (Å²) in [6.45, 7) is 2.93. The first-order chi connectivity index (χ1) is 23.4. The highest BCUT2D eigenvalue weighted by atomic mass is 35.5. The Morgan fingerprint density at radius 2 is 1.47 bits per heavy atom. The fourth-order valence-electron chi connectivity index (χ4n) is 6.06. The van der Waals surface area contributed by atoms with Crippen molar-refractivity contribution in [2.24, 2.45) is 0 Å². The predicted octanol–water partition coefficient (Wildman–Crippen LogP) is 8.55. The smallest absolute Gasteiger partial charge is 0.264 e. The molecule has 258 valence electrons. The fourth-order valence-corrected chi connectivity index (χ4v) is 8.15. The van der Waals surface area contributed by atoms with E-state index in [-0.39, 0.29) is 35.5 Å². The van der Waals surface area contributed by atoms with Gasteiger partial charge in [-0.25, -0.2) is 8.42 Å². The Kier molecular flexibility index (Phi) is 12.3. The molecule has 1 fully saturated rings. The Balaban J connectivity index is 1.60. The molecule has 49 heavy (non-hydrogen) atoms. The summed E-state index contributed by atoms with van der Waals surface area (Å²) in [7, 11) is -4.27. The number of amides is 2. The highest BCUT2D eigenvalue weighted by molar-refractivity contribution is 7.92. The zero-order valence-corrected chi connectivity index (χ0v) is 30.6. The van der Waals surface area contributed by atoms with Crippen LogP contribution in [-0.2, 0) is 32.6 Å². The number of carbonyl (C=O) groups is 2. The van der Waals surface area contributed by atoms with E-state index in [4.69, 9.17) is 34.8 Å². The first kappa shape index (κ1) is 36.7. The third kappa shape index (κ3) is 9.17. The van der Waals surface area contributed by atoms with Crippen LogP contribution in [0.15, 0.2) is 95.9 Å². The lowest BCUT2D eigenvalue weighted by molar-refractivity contribution is -0.140. The average molecular weight is 741 g/mol. The van der Waals surface area contributed by atoms with Gasteiger partial charge in [-0.15, -0.1) is 0 Å². The Labute approximate surface area is 304 Å². The van der Waals surface area contributed by atoms with Crippen LogP contribution in [0.1, 0.15) is 54.4 Å². The molecular weight excluding hydrogens is 701 g/mol. The summed E-state index contributed by atoms with van der Waals surface area (Å²) in [5.41, 5.74) is 3.14. The predicted molar refractivity (Wildman–Crippen MR) is 198 cm³/mol. The van der Waals surface area contributed by atoms with Crippen LogP contribution in [0.4, 0.5) is 5.69 Å². The van der Waals surface area contributed by atoms with Crippen LogP contribution in [-0.4, -0.2) is 43.8 Å². The van der Waals surface area contributed by atoms with Crippen molar-refractivity contribution in [2.75, 3.05) is 10.8 Å². The first-order valence-corrected chi connectivity index (χ1v) is 18.9. The van der Waals surface area contributed by atoms with Crippen LogP contribution in [0.3, 0.4) is 0 Å². The highest BCUT2D eigenvalue weighted by Gasteiger charge is 2.36. The minimum atomic E-state index is -4.27. The van der Waals surface area contributed by atoms with Gasteiger partial charge in [-0.05, 0) is 74.2 Å². The number of anilines is 1. The molecule has 0 unspecified atom stereocenters. The fraction of sp³-hybridized carbons (Fsp3) is 0.316. The topological polar surface area (TPSA) is 86.8 Å². The lowest BCUT2D eigenvalue weighted by Gasteiger charge is -2.35. The SMILES string of the molecule is Cc1ccc(S(=O)(=O)N(CC(=O)N(Cc2c(Cl)cccc2Cl)[C@@H](Cc2ccccc2)C(=O)NC2CCCCC2)c2ccc(C)c(Cl)c2)cc1. The van der Waals surface area contributed by atoms with Crippen LogP contribution >= 0.6 is 34.8 Å². The lowest BCUT2D eigenvalue weighted by Crippen LogP contribution is -2.55. The van der Waals surface area contributed by atoms with Gasteiger partial charge in [0.25, 0.3) is 10.0 Å². The van der Waals surface area contributed by atoms with Crippen molar-refractivity contribution < 1.29 is 18.0 Å². The summed E-state index contributed by atoms with van der Waals surface area (Å²) in [5.74, 6) is -0.929. The van der Waals surface area contributed by atoms with Gasteiger partial charge in [0.05, 0.1) is 10.6 Å². The van der Waals surface area contributed by atoms with Crippen LogP contribution in [0.25, 0.3) is 0 Å². The van der Waals surface area contributed by atoms with Crippen molar-refractivity contribution in [1.82, 2.24) is 10.2 Å². The molecule has 1 saturated carbocycles. The molecule has 5 rings (SSSR count). The number of benzene rings is 4. The average Bonchev–Trinajstić information content (AvgIpc) is 3.08. The van der Waals surface area contributed by atoms with Crippen molar-refractivity contribution in [1.29, 1.82) is 0 Å². The number of hydrogen-bond donors (Lipinski definition) is 1. The van der Waals surface area contributed by atoms with E-state index < -0.39 is 28.5 Å². The maximum Gasteiger partial charge on any atom is 0.264 e. The summed E-state index contributed by atoms with van der Waals surface area (Å²) in [6.07, 6.45) is 5.03. The number of nitrogens with zero attached hydrogens (tertiary/aromatic N) is 2. The van der Waals surface area contributed by atoms with Crippen LogP contribution in [0, 0.1) is 13.8 Å². The second-order valence-corrected chi connectivity index (χ2v) is 15.6. The van der Waals surface area contributed by atoms with Gasteiger partial charge in [-0.1, -0.05) is 114 Å². The Morgan fingerprint density at radius 3 is 2.10 bits per heavy atom. The molecule has 0 bridgehead atoms. The number of carbonyl (C=O) groups excluding carboxylic acids is 2. The van der Waals surface area contributed by atoms with Crippen LogP contribution in [0.5, 0.6) is 0 Å². The molecule has 0 radical (unpaired) electrons. The van der Waals surface area contributed by atoms with E-state index in [0.717, 1.165) is 53.1 Å². The summed E-state index contributed by atoms with van der Waals surface area (Å²) in [6, 6.07) is 24.7. The van der Waals surface area contributed by atoms with E-state index in [1.54, 1.807) is 42.5 Å². The summed E-state index contributed by atoms with van der Waals surface area (Å²) < 4.78 is 29.7. The Bertz CT molecular complexity index is 1860. The van der Waals surface area contributed by atoms with Gasteiger partial charge in [0.1, 0.15) is 12.6 Å². The molecule has 4 aromatic rings. The third-order valence-electron chi connectivity index (χ3n) is 8.94. The minimum Gasteiger partial charge on any atom is -0.352 e. The van der Waals surface area contributed by atoms with Gasteiger partial charge in [0, 0.05) is 39.6 Å². The lowest BCUT2D eigenvalue weighted by atomic mass is 9.94. The Hall–Kier alpha value is -3.56. The summed E-state index contributed by atoms with van der Waals surface area (Å²) >= 11 is 19.8. The van der Waals surface area contributed by atoms with E-state index >= 15 is 0 Å². The molecule has 0 spiro atoms. The van der Waals surface area contributed by atoms with Crippen LogP contribution < -0.4 is 9.62 Å². The van der Waals surface area contributed by atoms with E-state index in [1.165, 1.54) is 23.1 Å². The minimum absolute atomic E-state index is 0.0131. The molecule has 1 N–H and O–H groups in total. The molecule has 4 aromatic carbocycles. The largest absolute Gasteiger partial charge is 0.352 e. The van der Waals surface area contributed by atoms with Crippen molar-refractivity contribution >= 4 is 62.3 Å². The standard InChI is InChI=1S/C38H40Cl3N3O4S/c1-26-16-20-31(21-17-26)49(47,48)44(30-19-18-27(2)35(41)23-30)25-37(45)43(24-32-33(39)14-9-15-34(32)40)36(22-28-10-5-3-6-11-28)38(46)42-29-12-7-4-8-13-29/h3,5-6,9-11,14-21,23,29,36H,4,7-8,12-13,22,24-25H2,1-2H3,(H,42,46)/t36-/m0/s1. The van der Waals surface area contributed by atoms with Crippen molar-refractivity contribution in [2.45, 2.75) is 75.9 Å². The van der Waals surface area contributed by atoms with Gasteiger partial charge in [0.15, 0.2) is 0 Å². The monoisotopic (exact) mass is 739 g/mol. The molecular formula is C38H40Cl3N3O4S. The van der Waals surface area contributed by atoms with Gasteiger partial charge in [0.2, 0.25) is 11.8 Å². The second-order valence-electron chi connectivity index (χ2n) is 12.5. The van der Waals surface area contributed by atoms with E-state index in [9.17, 15) is 18.0 Å². The first-order valence-electron chi connectivity index (χ1n) is 16.4. The Morgan fingerprint density at radius 1 is 0.816 bits per heavy atom. The van der Waals surface area contributed by atoms with E-state index in [2.05, 4.69) is 5.32 Å². The molecule has 1 atom stereocenters. The second kappa shape index (κ2) is 16.4. The van der Waals surface area contributed by atoms with E-state index in [0.29, 0.717) is 20.6 Å². The molecule has 1 aliphatic carbocycles. The maximum atomic E-state index is 14.8. The number of aryl methyl sites for hydroxylation is 2. The molecule has 11 heteroatoms. The number of hydrogen-bond acceptors (Lipinski definition) is 4. The van der Waals surface area contributed by atoms with Crippen molar-refractivity contribution in [3.8, 4) is 0 Å². The molecule has 0 heterocycles. The summed E-state index contributed by atoms with van der Waals surface area (Å²) in [4.78, 5) is 30.5. The zero-order valence-electron chi connectivity index (χ0n) is 27.5.